The first-order valence-electron chi connectivity index (χ1n) is 9.43. The monoisotopic (exact) mass is 364 g/mol. The maximum atomic E-state index is 12.7. The summed E-state index contributed by atoms with van der Waals surface area (Å²) in [5.74, 6) is -0.290. The Morgan fingerprint density at radius 2 is 1.93 bits per heavy atom. The average Bonchev–Trinajstić information content (AvgIpc) is 3.02. The van der Waals surface area contributed by atoms with Gasteiger partial charge in [0.05, 0.1) is 12.0 Å². The number of hydrogen-bond donors (Lipinski definition) is 2. The molecule has 140 valence electrons. The summed E-state index contributed by atoms with van der Waals surface area (Å²) < 4.78 is 0. The van der Waals surface area contributed by atoms with E-state index in [9.17, 15) is 14.8 Å². The Labute approximate surface area is 159 Å². The number of carbonyl (C=O) groups is 2. The average molecular weight is 364 g/mol. The third-order valence-corrected chi connectivity index (χ3v) is 5.91. The molecule has 2 aromatic rings. The van der Waals surface area contributed by atoms with Crippen molar-refractivity contribution < 1.29 is 14.8 Å². The molecule has 0 radical (unpaired) electrons. The van der Waals surface area contributed by atoms with Crippen LogP contribution in [0.1, 0.15) is 45.5 Å². The van der Waals surface area contributed by atoms with Crippen LogP contribution in [-0.4, -0.2) is 28.6 Å². The Morgan fingerprint density at radius 1 is 1.15 bits per heavy atom. The molecule has 2 aliphatic rings. The quantitative estimate of drug-likeness (QED) is 0.650. The van der Waals surface area contributed by atoms with Gasteiger partial charge < -0.3 is 5.32 Å². The SMILES string of the molecule is Cc1ccc(CN(O)C(=O)c2ccc3c(c2)C[C@]2(CCNC2=O)CC3)cc1. The molecule has 2 amide bonds. The summed E-state index contributed by atoms with van der Waals surface area (Å²) in [7, 11) is 0. The molecule has 0 saturated carbocycles. The van der Waals surface area contributed by atoms with Crippen LogP contribution in [0.15, 0.2) is 42.5 Å². The standard InChI is InChI=1S/C22H24N2O3/c1-15-2-4-16(5-3-15)14-24(27)20(25)18-7-6-17-8-9-22(13-19(17)12-18)10-11-23-21(22)26/h2-7,12,27H,8-11,13-14H2,1H3,(H,23,26)/t22-/m1/s1. The van der Waals surface area contributed by atoms with Crippen LogP contribution in [0.4, 0.5) is 0 Å². The molecule has 1 fully saturated rings. The summed E-state index contributed by atoms with van der Waals surface area (Å²) in [6.45, 7) is 2.87. The van der Waals surface area contributed by atoms with Gasteiger partial charge in [0.2, 0.25) is 5.91 Å². The third kappa shape index (κ3) is 3.35. The summed E-state index contributed by atoms with van der Waals surface area (Å²) in [5, 5.41) is 14.0. The van der Waals surface area contributed by atoms with Crippen molar-refractivity contribution in [3.05, 3.63) is 70.3 Å². The molecule has 0 bridgehead atoms. The predicted molar refractivity (Wildman–Crippen MR) is 101 cm³/mol. The van der Waals surface area contributed by atoms with Gasteiger partial charge in [0.25, 0.3) is 5.91 Å². The molecule has 0 aromatic heterocycles. The van der Waals surface area contributed by atoms with Gasteiger partial charge in [-0.1, -0.05) is 35.9 Å². The highest BCUT2D eigenvalue weighted by molar-refractivity contribution is 5.94. The van der Waals surface area contributed by atoms with Gasteiger partial charge in [-0.05, 0) is 61.4 Å². The summed E-state index contributed by atoms with van der Waals surface area (Å²) in [6, 6.07) is 13.3. The van der Waals surface area contributed by atoms with Crippen LogP contribution in [0.3, 0.4) is 0 Å². The molecule has 5 heteroatoms. The second-order valence-electron chi connectivity index (χ2n) is 7.79. The van der Waals surface area contributed by atoms with Crippen LogP contribution in [0.2, 0.25) is 0 Å². The molecule has 1 spiro atoms. The van der Waals surface area contributed by atoms with E-state index in [4.69, 9.17) is 0 Å². The van der Waals surface area contributed by atoms with Gasteiger partial charge in [0.1, 0.15) is 0 Å². The van der Waals surface area contributed by atoms with Crippen LogP contribution < -0.4 is 5.32 Å². The highest BCUT2D eigenvalue weighted by Crippen LogP contribution is 2.41. The van der Waals surface area contributed by atoms with Crippen molar-refractivity contribution in [3.63, 3.8) is 0 Å². The lowest BCUT2D eigenvalue weighted by Gasteiger charge is -2.32. The molecule has 1 saturated heterocycles. The Bertz CT molecular complexity index is 891. The van der Waals surface area contributed by atoms with Crippen molar-refractivity contribution in [1.29, 1.82) is 0 Å². The first-order chi connectivity index (χ1) is 13.0. The number of fused-ring (bicyclic) bond motifs is 1. The zero-order valence-electron chi connectivity index (χ0n) is 15.5. The summed E-state index contributed by atoms with van der Waals surface area (Å²) in [4.78, 5) is 25.0. The summed E-state index contributed by atoms with van der Waals surface area (Å²) in [5.41, 5.74) is 4.38. The van der Waals surface area contributed by atoms with E-state index >= 15 is 0 Å². The second-order valence-corrected chi connectivity index (χ2v) is 7.79. The number of aryl methyl sites for hydroxylation is 2. The fourth-order valence-electron chi connectivity index (χ4n) is 4.21. The fraction of sp³-hybridized carbons (Fsp3) is 0.364. The van der Waals surface area contributed by atoms with Gasteiger partial charge in [-0.2, -0.15) is 0 Å². The zero-order chi connectivity index (χ0) is 19.0. The van der Waals surface area contributed by atoms with Gasteiger partial charge in [-0.25, -0.2) is 5.06 Å². The number of benzene rings is 2. The molecule has 1 heterocycles. The molecule has 2 aromatic carbocycles. The zero-order valence-corrected chi connectivity index (χ0v) is 15.5. The minimum atomic E-state index is -0.422. The van der Waals surface area contributed by atoms with E-state index in [1.54, 1.807) is 6.07 Å². The molecule has 1 aliphatic carbocycles. The van der Waals surface area contributed by atoms with Gasteiger partial charge in [-0.15, -0.1) is 0 Å². The number of hydrogen-bond acceptors (Lipinski definition) is 3. The van der Waals surface area contributed by atoms with Crippen LogP contribution in [0.25, 0.3) is 0 Å². The molecule has 5 nitrogen and oxygen atoms in total. The van der Waals surface area contributed by atoms with Crippen LogP contribution in [0.5, 0.6) is 0 Å². The van der Waals surface area contributed by atoms with Crippen LogP contribution in [-0.2, 0) is 24.2 Å². The third-order valence-electron chi connectivity index (χ3n) is 5.91. The number of nitrogens with one attached hydrogen (secondary N) is 1. The van der Waals surface area contributed by atoms with Gasteiger partial charge in [0, 0.05) is 12.1 Å². The van der Waals surface area contributed by atoms with Gasteiger partial charge in [-0.3, -0.25) is 14.8 Å². The van der Waals surface area contributed by atoms with E-state index in [0.717, 1.165) is 47.6 Å². The van der Waals surface area contributed by atoms with Crippen molar-refractivity contribution >= 4 is 11.8 Å². The lowest BCUT2D eigenvalue weighted by Crippen LogP contribution is -2.36. The maximum absolute atomic E-state index is 12.7. The van der Waals surface area contributed by atoms with Gasteiger partial charge in [0.15, 0.2) is 0 Å². The van der Waals surface area contributed by atoms with E-state index in [1.165, 1.54) is 5.56 Å². The van der Waals surface area contributed by atoms with Gasteiger partial charge >= 0.3 is 0 Å². The van der Waals surface area contributed by atoms with E-state index in [0.29, 0.717) is 12.0 Å². The number of hydroxylamine groups is 2. The fourth-order valence-corrected chi connectivity index (χ4v) is 4.21. The Morgan fingerprint density at radius 3 is 2.63 bits per heavy atom. The van der Waals surface area contributed by atoms with Crippen molar-refractivity contribution in [1.82, 2.24) is 10.4 Å². The van der Waals surface area contributed by atoms with E-state index in [1.807, 2.05) is 43.3 Å². The topological polar surface area (TPSA) is 69.6 Å². The lowest BCUT2D eigenvalue weighted by atomic mass is 9.70. The van der Waals surface area contributed by atoms with Crippen LogP contribution in [0, 0.1) is 12.3 Å². The number of nitrogens with zero attached hydrogens (tertiary/aromatic N) is 1. The maximum Gasteiger partial charge on any atom is 0.277 e. The van der Waals surface area contributed by atoms with Crippen molar-refractivity contribution in [2.75, 3.05) is 6.54 Å². The van der Waals surface area contributed by atoms with E-state index in [2.05, 4.69) is 5.32 Å². The minimum Gasteiger partial charge on any atom is -0.356 e. The Kier molecular flexibility index (Phi) is 4.48. The first-order valence-corrected chi connectivity index (χ1v) is 9.43. The molecular weight excluding hydrogens is 340 g/mol. The largest absolute Gasteiger partial charge is 0.356 e. The molecule has 1 aliphatic heterocycles. The molecule has 0 unspecified atom stereocenters. The minimum absolute atomic E-state index is 0.132. The summed E-state index contributed by atoms with van der Waals surface area (Å²) in [6.07, 6.45) is 3.23. The first kappa shape index (κ1) is 17.7. The summed E-state index contributed by atoms with van der Waals surface area (Å²) >= 11 is 0. The van der Waals surface area contributed by atoms with E-state index < -0.39 is 5.91 Å². The smallest absolute Gasteiger partial charge is 0.277 e. The van der Waals surface area contributed by atoms with Crippen LogP contribution >= 0.6 is 0 Å². The number of rotatable bonds is 3. The molecule has 2 N–H and O–H groups in total. The van der Waals surface area contributed by atoms with Crippen molar-refractivity contribution in [3.8, 4) is 0 Å². The Hall–Kier alpha value is -2.66. The number of carbonyl (C=O) groups excluding carboxylic acids is 2. The normalized spacial score (nSPS) is 21.0. The lowest BCUT2D eigenvalue weighted by molar-refractivity contribution is -0.128. The number of amides is 2. The highest BCUT2D eigenvalue weighted by Gasteiger charge is 2.44. The predicted octanol–water partition coefficient (Wildman–Crippen LogP) is 3.02. The van der Waals surface area contributed by atoms with Crippen molar-refractivity contribution in [2.24, 2.45) is 5.41 Å². The molecule has 1 atom stereocenters. The molecular formula is C22H24N2O3. The second kappa shape index (κ2) is 6.82. The van der Waals surface area contributed by atoms with E-state index in [-0.39, 0.29) is 17.9 Å². The Balaban J connectivity index is 1.52. The molecule has 27 heavy (non-hydrogen) atoms. The highest BCUT2D eigenvalue weighted by atomic mass is 16.5. The molecule has 4 rings (SSSR count). The van der Waals surface area contributed by atoms with Crippen molar-refractivity contribution in [2.45, 2.75) is 39.2 Å².